The van der Waals surface area contributed by atoms with E-state index in [-0.39, 0.29) is 30.4 Å². The maximum Gasteiger partial charge on any atom is 0.248 e. The van der Waals surface area contributed by atoms with Crippen LogP contribution in [0.1, 0.15) is 42.7 Å². The van der Waals surface area contributed by atoms with Crippen LogP contribution in [0.4, 0.5) is 0 Å². The van der Waals surface area contributed by atoms with Crippen molar-refractivity contribution in [2.75, 3.05) is 33.4 Å². The lowest BCUT2D eigenvalue weighted by Crippen LogP contribution is -2.57. The normalized spacial score (nSPS) is 21.3. The van der Waals surface area contributed by atoms with Gasteiger partial charge in [-0.1, -0.05) is 60.7 Å². The number of benzene rings is 2. The molecular formula is C26H32N2O3. The number of amides is 2. The SMILES string of the molecule is COCC(=O)N1CC[C@H]2[C@H](CCC(=O)N2CCC(c2ccccc2)c2ccccc2)C1. The standard InChI is InChI=1S/C26H32N2O3/c1-31-19-26(30)27-16-15-24-22(18-27)12-13-25(29)28(24)17-14-23(20-8-4-2-5-9-20)21-10-6-3-7-11-21/h2-11,22-24H,12-19H2,1H3/t22-,24+/m1/s1. The minimum Gasteiger partial charge on any atom is -0.375 e. The van der Waals surface area contributed by atoms with Crippen molar-refractivity contribution in [3.63, 3.8) is 0 Å². The number of carbonyl (C=O) groups is 2. The first kappa shape index (κ1) is 21.6. The van der Waals surface area contributed by atoms with E-state index in [0.29, 0.717) is 18.9 Å². The lowest BCUT2D eigenvalue weighted by molar-refractivity contribution is -0.145. The molecule has 2 aliphatic heterocycles. The third-order valence-corrected chi connectivity index (χ3v) is 6.83. The lowest BCUT2D eigenvalue weighted by atomic mass is 9.82. The van der Waals surface area contributed by atoms with Crippen molar-refractivity contribution in [2.45, 2.75) is 37.6 Å². The van der Waals surface area contributed by atoms with Crippen LogP contribution in [-0.2, 0) is 14.3 Å². The molecule has 2 saturated heterocycles. The van der Waals surface area contributed by atoms with E-state index in [1.807, 2.05) is 17.0 Å². The van der Waals surface area contributed by atoms with E-state index >= 15 is 0 Å². The highest BCUT2D eigenvalue weighted by molar-refractivity contribution is 5.79. The molecule has 2 fully saturated rings. The van der Waals surface area contributed by atoms with Gasteiger partial charge in [-0.15, -0.1) is 0 Å². The maximum absolute atomic E-state index is 12.9. The Hall–Kier alpha value is -2.66. The summed E-state index contributed by atoms with van der Waals surface area (Å²) >= 11 is 0. The van der Waals surface area contributed by atoms with Gasteiger partial charge in [0.25, 0.3) is 0 Å². The topological polar surface area (TPSA) is 49.9 Å². The molecule has 2 heterocycles. The summed E-state index contributed by atoms with van der Waals surface area (Å²) < 4.78 is 5.02. The summed E-state index contributed by atoms with van der Waals surface area (Å²) in [5, 5.41) is 0. The van der Waals surface area contributed by atoms with Crippen LogP contribution in [0.2, 0.25) is 0 Å². The minimum absolute atomic E-state index is 0.0534. The highest BCUT2D eigenvalue weighted by Crippen LogP contribution is 2.34. The number of nitrogens with zero attached hydrogens (tertiary/aromatic N) is 2. The Kier molecular flexibility index (Phi) is 7.03. The van der Waals surface area contributed by atoms with Crippen LogP contribution in [0.5, 0.6) is 0 Å². The van der Waals surface area contributed by atoms with Crippen LogP contribution in [0.25, 0.3) is 0 Å². The summed E-state index contributed by atoms with van der Waals surface area (Å²) in [4.78, 5) is 29.2. The van der Waals surface area contributed by atoms with Gasteiger partial charge in [0.15, 0.2) is 0 Å². The molecule has 0 saturated carbocycles. The highest BCUT2D eigenvalue weighted by Gasteiger charge is 2.40. The zero-order chi connectivity index (χ0) is 21.6. The van der Waals surface area contributed by atoms with E-state index < -0.39 is 0 Å². The smallest absolute Gasteiger partial charge is 0.248 e. The van der Waals surface area contributed by atoms with Gasteiger partial charge in [-0.3, -0.25) is 9.59 Å². The number of fused-ring (bicyclic) bond motifs is 1. The van der Waals surface area contributed by atoms with Gasteiger partial charge in [0.2, 0.25) is 11.8 Å². The molecule has 2 amide bonds. The van der Waals surface area contributed by atoms with E-state index in [2.05, 4.69) is 53.4 Å². The number of methoxy groups -OCH3 is 1. The Labute approximate surface area is 185 Å². The highest BCUT2D eigenvalue weighted by atomic mass is 16.5. The Balaban J connectivity index is 1.47. The van der Waals surface area contributed by atoms with E-state index in [1.165, 1.54) is 11.1 Å². The molecule has 0 spiro atoms. The molecule has 2 aliphatic rings. The van der Waals surface area contributed by atoms with Crippen LogP contribution < -0.4 is 0 Å². The second-order valence-corrected chi connectivity index (χ2v) is 8.68. The Morgan fingerprint density at radius 3 is 2.29 bits per heavy atom. The van der Waals surface area contributed by atoms with Crippen LogP contribution in [-0.4, -0.2) is 61.0 Å². The van der Waals surface area contributed by atoms with Gasteiger partial charge < -0.3 is 14.5 Å². The molecule has 5 heteroatoms. The number of hydrogen-bond acceptors (Lipinski definition) is 3. The van der Waals surface area contributed by atoms with Crippen LogP contribution in [0, 0.1) is 5.92 Å². The van der Waals surface area contributed by atoms with Gasteiger partial charge in [-0.25, -0.2) is 0 Å². The minimum atomic E-state index is 0.0534. The molecule has 0 N–H and O–H groups in total. The first-order valence-corrected chi connectivity index (χ1v) is 11.3. The number of carbonyl (C=O) groups excluding carboxylic acids is 2. The Bertz CT molecular complexity index is 831. The summed E-state index contributed by atoms with van der Waals surface area (Å²) in [6, 6.07) is 21.4. The van der Waals surface area contributed by atoms with Gasteiger partial charge >= 0.3 is 0 Å². The molecule has 0 bridgehead atoms. The zero-order valence-corrected chi connectivity index (χ0v) is 18.3. The average Bonchev–Trinajstić information content (AvgIpc) is 2.81. The molecule has 5 nitrogen and oxygen atoms in total. The number of ether oxygens (including phenoxy) is 1. The molecular weight excluding hydrogens is 388 g/mol. The van der Waals surface area contributed by atoms with Gasteiger partial charge in [0.1, 0.15) is 6.61 Å². The molecule has 0 radical (unpaired) electrons. The predicted molar refractivity (Wildman–Crippen MR) is 121 cm³/mol. The summed E-state index contributed by atoms with van der Waals surface area (Å²) in [5.74, 6) is 0.938. The number of likely N-dealkylation sites (tertiary alicyclic amines) is 2. The molecule has 0 unspecified atom stereocenters. The third kappa shape index (κ3) is 4.99. The van der Waals surface area contributed by atoms with Crippen molar-refractivity contribution in [2.24, 2.45) is 5.92 Å². The van der Waals surface area contributed by atoms with E-state index in [1.54, 1.807) is 7.11 Å². The van der Waals surface area contributed by atoms with Gasteiger partial charge in [-0.05, 0) is 36.3 Å². The first-order chi connectivity index (χ1) is 15.2. The van der Waals surface area contributed by atoms with Crippen molar-refractivity contribution < 1.29 is 14.3 Å². The summed E-state index contributed by atoms with van der Waals surface area (Å²) in [6.07, 6.45) is 3.20. The van der Waals surface area contributed by atoms with Gasteiger partial charge in [0, 0.05) is 45.1 Å². The van der Waals surface area contributed by atoms with E-state index in [9.17, 15) is 9.59 Å². The predicted octanol–water partition coefficient (Wildman–Crippen LogP) is 3.69. The van der Waals surface area contributed by atoms with Gasteiger partial charge in [0.05, 0.1) is 0 Å². The monoisotopic (exact) mass is 420 g/mol. The number of hydrogen-bond donors (Lipinski definition) is 0. The van der Waals surface area contributed by atoms with E-state index in [4.69, 9.17) is 4.74 Å². The molecule has 4 rings (SSSR count). The quantitative estimate of drug-likeness (QED) is 0.686. The van der Waals surface area contributed by atoms with Crippen LogP contribution in [0.3, 0.4) is 0 Å². The molecule has 2 aromatic rings. The maximum atomic E-state index is 12.9. The van der Waals surface area contributed by atoms with Crippen molar-refractivity contribution in [1.82, 2.24) is 9.80 Å². The Morgan fingerprint density at radius 1 is 1.03 bits per heavy atom. The fraction of sp³-hybridized carbons (Fsp3) is 0.462. The lowest BCUT2D eigenvalue weighted by Gasteiger charge is -2.47. The average molecular weight is 421 g/mol. The first-order valence-electron chi connectivity index (χ1n) is 11.3. The third-order valence-electron chi connectivity index (χ3n) is 6.83. The fourth-order valence-electron chi connectivity index (χ4n) is 5.25. The van der Waals surface area contributed by atoms with Crippen molar-refractivity contribution in [3.8, 4) is 0 Å². The van der Waals surface area contributed by atoms with Crippen molar-refractivity contribution in [1.29, 1.82) is 0 Å². The van der Waals surface area contributed by atoms with Crippen LogP contribution >= 0.6 is 0 Å². The van der Waals surface area contributed by atoms with Crippen molar-refractivity contribution >= 4 is 11.8 Å². The van der Waals surface area contributed by atoms with Crippen molar-refractivity contribution in [3.05, 3.63) is 71.8 Å². The molecule has 2 aromatic carbocycles. The second-order valence-electron chi connectivity index (χ2n) is 8.68. The largest absolute Gasteiger partial charge is 0.375 e. The Morgan fingerprint density at radius 2 is 1.68 bits per heavy atom. The molecule has 0 aliphatic carbocycles. The molecule has 0 aromatic heterocycles. The van der Waals surface area contributed by atoms with E-state index in [0.717, 1.165) is 32.4 Å². The van der Waals surface area contributed by atoms with Crippen LogP contribution in [0.15, 0.2) is 60.7 Å². The zero-order valence-electron chi connectivity index (χ0n) is 18.3. The molecule has 2 atom stereocenters. The summed E-state index contributed by atoms with van der Waals surface area (Å²) in [7, 11) is 1.56. The fourth-order valence-corrected chi connectivity index (χ4v) is 5.25. The second kappa shape index (κ2) is 10.1. The molecule has 164 valence electrons. The number of rotatable bonds is 7. The number of piperidine rings is 2. The van der Waals surface area contributed by atoms with Gasteiger partial charge in [-0.2, -0.15) is 0 Å². The molecule has 31 heavy (non-hydrogen) atoms. The summed E-state index contributed by atoms with van der Waals surface area (Å²) in [6.45, 7) is 2.32. The summed E-state index contributed by atoms with van der Waals surface area (Å²) in [5.41, 5.74) is 2.57.